The van der Waals surface area contributed by atoms with Crippen molar-refractivity contribution in [3.05, 3.63) is 66.5 Å². The number of benzene rings is 1. The van der Waals surface area contributed by atoms with Crippen LogP contribution in [-0.2, 0) is 0 Å². The maximum absolute atomic E-state index is 12.1. The smallest absolute Gasteiger partial charge is 0.316 e. The highest BCUT2D eigenvalue weighted by Crippen LogP contribution is 2.21. The lowest BCUT2D eigenvalue weighted by Gasteiger charge is -2.06. The van der Waals surface area contributed by atoms with Crippen LogP contribution in [-0.4, -0.2) is 20.8 Å². The van der Waals surface area contributed by atoms with Gasteiger partial charge in [0.2, 0.25) is 0 Å². The van der Waals surface area contributed by atoms with Gasteiger partial charge >= 0.3 is 5.69 Å². The van der Waals surface area contributed by atoms with E-state index in [4.69, 9.17) is 0 Å². The quantitative estimate of drug-likeness (QED) is 0.559. The number of nitrogens with zero attached hydrogens (tertiary/aromatic N) is 1. The third-order valence-electron chi connectivity index (χ3n) is 2.81. The molecular formula is C12H10N4O5. The lowest BCUT2D eigenvalue weighted by molar-refractivity contribution is -0.385. The second-order valence-electron chi connectivity index (χ2n) is 4.15. The van der Waals surface area contributed by atoms with Crippen LogP contribution in [0.15, 0.2) is 34.0 Å². The minimum Gasteiger partial charge on any atom is -0.316 e. The van der Waals surface area contributed by atoms with Gasteiger partial charge in [-0.1, -0.05) is 6.07 Å². The van der Waals surface area contributed by atoms with Crippen LogP contribution < -0.4 is 16.6 Å². The van der Waals surface area contributed by atoms with E-state index >= 15 is 0 Å². The molecule has 0 saturated heterocycles. The van der Waals surface area contributed by atoms with Crippen molar-refractivity contribution in [3.8, 4) is 0 Å². The summed E-state index contributed by atoms with van der Waals surface area (Å²) in [7, 11) is 0. The van der Waals surface area contributed by atoms with Gasteiger partial charge in [0, 0.05) is 23.4 Å². The Morgan fingerprint density at radius 1 is 1.33 bits per heavy atom. The van der Waals surface area contributed by atoms with E-state index in [0.29, 0.717) is 0 Å². The van der Waals surface area contributed by atoms with Crippen LogP contribution in [0.1, 0.15) is 15.9 Å². The highest BCUT2D eigenvalue weighted by atomic mass is 16.6. The summed E-state index contributed by atoms with van der Waals surface area (Å²) < 4.78 is 0. The fourth-order valence-electron chi connectivity index (χ4n) is 1.76. The van der Waals surface area contributed by atoms with Crippen molar-refractivity contribution >= 4 is 17.3 Å². The molecule has 0 unspecified atom stereocenters. The molecule has 1 amide bonds. The fourth-order valence-corrected chi connectivity index (χ4v) is 1.76. The first-order valence-corrected chi connectivity index (χ1v) is 5.77. The molecule has 0 atom stereocenters. The SMILES string of the molecule is Cc1c(C(=O)Nc2c[nH]c(=O)[nH]c2=O)cccc1[N+](=O)[O-]. The van der Waals surface area contributed by atoms with Gasteiger partial charge in [0.25, 0.3) is 17.2 Å². The second kappa shape index (κ2) is 5.41. The van der Waals surface area contributed by atoms with Gasteiger partial charge in [0.05, 0.1) is 4.92 Å². The van der Waals surface area contributed by atoms with E-state index in [1.54, 1.807) is 0 Å². The van der Waals surface area contributed by atoms with E-state index in [2.05, 4.69) is 10.3 Å². The average Bonchev–Trinajstić information content (AvgIpc) is 2.41. The van der Waals surface area contributed by atoms with E-state index in [1.807, 2.05) is 4.98 Å². The van der Waals surface area contributed by atoms with E-state index < -0.39 is 22.1 Å². The van der Waals surface area contributed by atoms with Gasteiger partial charge in [-0.2, -0.15) is 0 Å². The molecule has 0 bridgehead atoms. The fraction of sp³-hybridized carbons (Fsp3) is 0.0833. The molecule has 1 aromatic carbocycles. The highest BCUT2D eigenvalue weighted by Gasteiger charge is 2.18. The van der Waals surface area contributed by atoms with Crippen molar-refractivity contribution in [2.45, 2.75) is 6.92 Å². The Bertz CT molecular complexity index is 836. The predicted octanol–water partition coefficient (Wildman–Crippen LogP) is 0.532. The molecule has 0 radical (unpaired) electrons. The number of nitro groups is 1. The number of nitro benzene ring substituents is 1. The summed E-state index contributed by atoms with van der Waals surface area (Å²) in [6, 6.07) is 4.05. The maximum atomic E-state index is 12.1. The molecule has 2 aromatic rings. The topological polar surface area (TPSA) is 138 Å². The molecule has 21 heavy (non-hydrogen) atoms. The number of amides is 1. The molecule has 3 N–H and O–H groups in total. The Morgan fingerprint density at radius 3 is 2.67 bits per heavy atom. The van der Waals surface area contributed by atoms with E-state index in [-0.39, 0.29) is 22.5 Å². The second-order valence-corrected chi connectivity index (χ2v) is 4.15. The van der Waals surface area contributed by atoms with Gasteiger partial charge in [-0.3, -0.25) is 24.7 Å². The molecule has 1 heterocycles. The number of anilines is 1. The van der Waals surface area contributed by atoms with Crippen LogP contribution in [0.4, 0.5) is 11.4 Å². The first-order chi connectivity index (χ1) is 9.90. The van der Waals surface area contributed by atoms with Crippen molar-refractivity contribution in [1.82, 2.24) is 9.97 Å². The zero-order valence-electron chi connectivity index (χ0n) is 10.8. The molecule has 0 aliphatic rings. The van der Waals surface area contributed by atoms with Gasteiger partial charge in [-0.05, 0) is 13.0 Å². The van der Waals surface area contributed by atoms with Crippen LogP contribution in [0.25, 0.3) is 0 Å². The number of aromatic nitrogens is 2. The monoisotopic (exact) mass is 290 g/mol. The molecule has 108 valence electrons. The molecule has 9 nitrogen and oxygen atoms in total. The van der Waals surface area contributed by atoms with Gasteiger partial charge in [-0.25, -0.2) is 4.79 Å². The molecule has 9 heteroatoms. The number of rotatable bonds is 3. The van der Waals surface area contributed by atoms with Crippen molar-refractivity contribution < 1.29 is 9.72 Å². The molecule has 0 saturated carbocycles. The van der Waals surface area contributed by atoms with Crippen LogP contribution in [0.2, 0.25) is 0 Å². The number of H-pyrrole nitrogens is 2. The molecule has 0 aliphatic carbocycles. The van der Waals surface area contributed by atoms with Gasteiger partial charge in [-0.15, -0.1) is 0 Å². The average molecular weight is 290 g/mol. The zero-order valence-corrected chi connectivity index (χ0v) is 10.8. The molecule has 0 spiro atoms. The van der Waals surface area contributed by atoms with E-state index in [0.717, 1.165) is 6.20 Å². The summed E-state index contributed by atoms with van der Waals surface area (Å²) in [5.74, 6) is -0.686. The third kappa shape index (κ3) is 2.86. The van der Waals surface area contributed by atoms with Crippen LogP contribution >= 0.6 is 0 Å². The largest absolute Gasteiger partial charge is 0.325 e. The van der Waals surface area contributed by atoms with Crippen LogP contribution in [0.5, 0.6) is 0 Å². The normalized spacial score (nSPS) is 10.1. The van der Waals surface area contributed by atoms with Crippen molar-refractivity contribution in [2.24, 2.45) is 0 Å². The summed E-state index contributed by atoms with van der Waals surface area (Å²) in [6.45, 7) is 1.43. The predicted molar refractivity (Wildman–Crippen MR) is 73.5 cm³/mol. The molecule has 0 aliphatic heterocycles. The Hall–Kier alpha value is -3.23. The van der Waals surface area contributed by atoms with Crippen molar-refractivity contribution in [2.75, 3.05) is 5.32 Å². The molecular weight excluding hydrogens is 280 g/mol. The highest BCUT2D eigenvalue weighted by molar-refractivity contribution is 6.05. The van der Waals surface area contributed by atoms with Crippen molar-refractivity contribution in [1.29, 1.82) is 0 Å². The first-order valence-electron chi connectivity index (χ1n) is 5.77. The van der Waals surface area contributed by atoms with Gasteiger partial charge in [0.15, 0.2) is 0 Å². The standard InChI is InChI=1S/C12H10N4O5/c1-6-7(3-2-4-9(6)16(20)21)10(17)14-8-5-13-12(19)15-11(8)18/h2-5H,1H3,(H,14,17)(H2,13,15,18,19). The van der Waals surface area contributed by atoms with E-state index in [9.17, 15) is 24.5 Å². The summed E-state index contributed by atoms with van der Waals surface area (Å²) in [4.78, 5) is 48.8. The third-order valence-corrected chi connectivity index (χ3v) is 2.81. The number of carbonyl (C=O) groups is 1. The lowest BCUT2D eigenvalue weighted by Crippen LogP contribution is -2.26. The summed E-state index contributed by atoms with van der Waals surface area (Å²) in [6.07, 6.45) is 1.05. The van der Waals surface area contributed by atoms with Gasteiger partial charge < -0.3 is 10.3 Å². The molecule has 0 fully saturated rings. The number of carbonyl (C=O) groups excluding carboxylic acids is 1. The number of nitrogens with one attached hydrogen (secondary N) is 3. The number of aromatic amines is 2. The minimum absolute atomic E-state index is 0.0646. The summed E-state index contributed by atoms with van der Waals surface area (Å²) >= 11 is 0. The van der Waals surface area contributed by atoms with Crippen LogP contribution in [0, 0.1) is 17.0 Å². The summed E-state index contributed by atoms with van der Waals surface area (Å²) in [5, 5.41) is 13.1. The Labute approximate surface area is 116 Å². The Kier molecular flexibility index (Phi) is 3.65. The zero-order chi connectivity index (χ0) is 15.6. The maximum Gasteiger partial charge on any atom is 0.325 e. The lowest BCUT2D eigenvalue weighted by atomic mass is 10.1. The van der Waals surface area contributed by atoms with Gasteiger partial charge in [0.1, 0.15) is 5.69 Å². The molecule has 1 aromatic heterocycles. The minimum atomic E-state index is -0.768. The van der Waals surface area contributed by atoms with Crippen molar-refractivity contribution in [3.63, 3.8) is 0 Å². The Morgan fingerprint density at radius 2 is 2.05 bits per heavy atom. The number of hydrogen-bond acceptors (Lipinski definition) is 5. The Balaban J connectivity index is 2.37. The van der Waals surface area contributed by atoms with Crippen LogP contribution in [0.3, 0.4) is 0 Å². The molecule has 2 rings (SSSR count). The number of hydrogen-bond donors (Lipinski definition) is 3. The van der Waals surface area contributed by atoms with E-state index in [1.165, 1.54) is 25.1 Å². The first kappa shape index (κ1) is 14.2. The summed E-state index contributed by atoms with van der Waals surface area (Å²) in [5.41, 5.74) is -1.58.